The van der Waals surface area contributed by atoms with Gasteiger partial charge in [0.1, 0.15) is 0 Å². The van der Waals surface area contributed by atoms with Crippen LogP contribution >= 0.6 is 0 Å². The fourth-order valence-corrected chi connectivity index (χ4v) is 3.02. The van der Waals surface area contributed by atoms with Crippen LogP contribution in [0.2, 0.25) is 0 Å². The molecule has 0 radical (unpaired) electrons. The van der Waals surface area contributed by atoms with E-state index in [1.807, 2.05) is 0 Å². The molecule has 0 spiro atoms. The number of carbonyl (C=O) groups is 2. The molecule has 1 amide bonds. The Morgan fingerprint density at radius 2 is 2.17 bits per heavy atom. The van der Waals surface area contributed by atoms with E-state index in [-0.39, 0.29) is 19.1 Å². The van der Waals surface area contributed by atoms with Crippen LogP contribution in [0.4, 0.5) is 0 Å². The minimum atomic E-state index is -1.06. The molecule has 1 saturated carbocycles. The Hall–Kier alpha value is -2.48. The van der Waals surface area contributed by atoms with Crippen LogP contribution in [0.5, 0.6) is 0 Å². The van der Waals surface area contributed by atoms with Gasteiger partial charge in [-0.2, -0.15) is 0 Å². The second kappa shape index (κ2) is 5.55. The predicted octanol–water partition coefficient (Wildman–Crippen LogP) is 1.33. The number of rotatable bonds is 3. The van der Waals surface area contributed by atoms with Gasteiger partial charge in [0.2, 0.25) is 0 Å². The molecule has 2 fully saturated rings. The average molecular weight is 331 g/mol. The molecule has 1 atom stereocenters. The Labute approximate surface area is 137 Å². The number of carboxylic acids is 1. The monoisotopic (exact) mass is 331 g/mol. The maximum absolute atomic E-state index is 13.0. The van der Waals surface area contributed by atoms with Crippen molar-refractivity contribution >= 4 is 23.0 Å². The maximum Gasteiger partial charge on any atom is 0.334 e. The number of ether oxygens (including phenoxy) is 1. The first-order valence-electron chi connectivity index (χ1n) is 7.95. The van der Waals surface area contributed by atoms with Gasteiger partial charge in [0.05, 0.1) is 29.8 Å². The lowest BCUT2D eigenvalue weighted by atomic mass is 10.1. The van der Waals surface area contributed by atoms with Gasteiger partial charge in [-0.05, 0) is 25.8 Å². The highest BCUT2D eigenvalue weighted by Gasteiger charge is 2.33. The number of aryl methyl sites for hydroxylation is 1. The summed E-state index contributed by atoms with van der Waals surface area (Å²) in [5.74, 6) is -0.930. The van der Waals surface area contributed by atoms with Gasteiger partial charge in [0, 0.05) is 18.2 Å². The molecule has 4 rings (SSSR count). The van der Waals surface area contributed by atoms with Crippen LogP contribution in [-0.2, 0) is 9.53 Å². The third-order valence-corrected chi connectivity index (χ3v) is 4.49. The molecule has 8 nitrogen and oxygen atoms in total. The normalized spacial score (nSPS) is 21.2. The van der Waals surface area contributed by atoms with E-state index < -0.39 is 12.1 Å². The SMILES string of the molecule is Cc1noc2nc(C3CC3)cc(C(=O)N3CCO[C@@H](C(=O)O)C3)c12. The fraction of sp³-hybridized carbons (Fsp3) is 0.500. The second-order valence-corrected chi connectivity index (χ2v) is 6.27. The molecular weight excluding hydrogens is 314 g/mol. The molecule has 2 aromatic rings. The largest absolute Gasteiger partial charge is 0.479 e. The molecule has 1 aliphatic carbocycles. The number of hydrogen-bond donors (Lipinski definition) is 1. The zero-order chi connectivity index (χ0) is 16.8. The van der Waals surface area contributed by atoms with Gasteiger partial charge in [-0.25, -0.2) is 9.78 Å². The van der Waals surface area contributed by atoms with Crippen LogP contribution in [0.3, 0.4) is 0 Å². The number of morpholine rings is 1. The number of aliphatic carboxylic acids is 1. The van der Waals surface area contributed by atoms with Gasteiger partial charge >= 0.3 is 5.97 Å². The minimum absolute atomic E-state index is 0.0288. The zero-order valence-corrected chi connectivity index (χ0v) is 13.2. The molecule has 8 heteroatoms. The first kappa shape index (κ1) is 15.1. The van der Waals surface area contributed by atoms with E-state index in [0.717, 1.165) is 18.5 Å². The third-order valence-electron chi connectivity index (χ3n) is 4.49. The van der Waals surface area contributed by atoms with Crippen molar-refractivity contribution < 1.29 is 24.0 Å². The summed E-state index contributed by atoms with van der Waals surface area (Å²) in [7, 11) is 0. The highest BCUT2D eigenvalue weighted by atomic mass is 16.5. The Kier molecular flexibility index (Phi) is 3.49. The molecule has 0 bridgehead atoms. The summed E-state index contributed by atoms with van der Waals surface area (Å²) in [6.07, 6.45) is 1.11. The van der Waals surface area contributed by atoms with Crippen molar-refractivity contribution in [3.05, 3.63) is 23.0 Å². The Morgan fingerprint density at radius 3 is 2.88 bits per heavy atom. The summed E-state index contributed by atoms with van der Waals surface area (Å²) in [4.78, 5) is 30.1. The van der Waals surface area contributed by atoms with Crippen LogP contribution in [0.25, 0.3) is 11.1 Å². The van der Waals surface area contributed by atoms with Crippen LogP contribution < -0.4 is 0 Å². The summed E-state index contributed by atoms with van der Waals surface area (Å²) >= 11 is 0. The van der Waals surface area contributed by atoms with E-state index in [9.17, 15) is 9.59 Å². The Balaban J connectivity index is 1.73. The van der Waals surface area contributed by atoms with E-state index in [4.69, 9.17) is 14.4 Å². The molecule has 0 aromatic carbocycles. The van der Waals surface area contributed by atoms with Gasteiger partial charge in [-0.3, -0.25) is 4.79 Å². The first-order valence-corrected chi connectivity index (χ1v) is 7.95. The number of carbonyl (C=O) groups excluding carboxylic acids is 1. The molecule has 1 saturated heterocycles. The molecular formula is C16H17N3O5. The number of fused-ring (bicyclic) bond motifs is 1. The van der Waals surface area contributed by atoms with Crippen molar-refractivity contribution in [2.45, 2.75) is 31.8 Å². The lowest BCUT2D eigenvalue weighted by molar-refractivity contribution is -0.154. The highest BCUT2D eigenvalue weighted by Crippen LogP contribution is 2.40. The van der Waals surface area contributed by atoms with E-state index >= 15 is 0 Å². The van der Waals surface area contributed by atoms with Gasteiger partial charge in [-0.1, -0.05) is 5.16 Å². The number of carboxylic acid groups (broad SMARTS) is 1. The van der Waals surface area contributed by atoms with Crippen molar-refractivity contribution in [3.8, 4) is 0 Å². The van der Waals surface area contributed by atoms with Gasteiger partial charge in [0.15, 0.2) is 6.10 Å². The van der Waals surface area contributed by atoms with Crippen molar-refractivity contribution in [1.82, 2.24) is 15.0 Å². The Morgan fingerprint density at radius 1 is 1.38 bits per heavy atom. The molecule has 1 N–H and O–H groups in total. The quantitative estimate of drug-likeness (QED) is 0.904. The van der Waals surface area contributed by atoms with E-state index in [1.165, 1.54) is 4.90 Å². The summed E-state index contributed by atoms with van der Waals surface area (Å²) in [6, 6.07) is 1.80. The van der Waals surface area contributed by atoms with Crippen molar-refractivity contribution in [2.24, 2.45) is 0 Å². The number of pyridine rings is 1. The van der Waals surface area contributed by atoms with Gasteiger partial charge in [-0.15, -0.1) is 0 Å². The lowest BCUT2D eigenvalue weighted by Gasteiger charge is -2.31. The number of aromatic nitrogens is 2. The van der Waals surface area contributed by atoms with Crippen LogP contribution in [0.1, 0.15) is 40.5 Å². The standard InChI is InChI=1S/C16H17N3O5/c1-8-13-10(6-11(9-2-3-9)17-14(13)24-18-8)15(20)19-4-5-23-12(7-19)16(21)22/h6,9,12H,2-5,7H2,1H3,(H,21,22)/t12-/m1/s1. The molecule has 2 aliphatic rings. The third kappa shape index (κ3) is 2.52. The van der Waals surface area contributed by atoms with Crippen LogP contribution in [0.15, 0.2) is 10.6 Å². The highest BCUT2D eigenvalue weighted by molar-refractivity contribution is 6.06. The van der Waals surface area contributed by atoms with Gasteiger partial charge in [0.25, 0.3) is 11.6 Å². The zero-order valence-electron chi connectivity index (χ0n) is 13.2. The lowest BCUT2D eigenvalue weighted by Crippen LogP contribution is -2.48. The van der Waals surface area contributed by atoms with Crippen molar-refractivity contribution in [1.29, 1.82) is 0 Å². The van der Waals surface area contributed by atoms with E-state index in [2.05, 4.69) is 10.1 Å². The summed E-state index contributed by atoms with van der Waals surface area (Å²) in [6.45, 7) is 2.35. The van der Waals surface area contributed by atoms with Crippen molar-refractivity contribution in [2.75, 3.05) is 19.7 Å². The average Bonchev–Trinajstić information content (AvgIpc) is 3.37. The molecule has 3 heterocycles. The molecule has 24 heavy (non-hydrogen) atoms. The molecule has 2 aromatic heterocycles. The summed E-state index contributed by atoms with van der Waals surface area (Å²) in [5, 5.41) is 13.6. The number of nitrogens with zero attached hydrogens (tertiary/aromatic N) is 3. The topological polar surface area (TPSA) is 106 Å². The van der Waals surface area contributed by atoms with Crippen molar-refractivity contribution in [3.63, 3.8) is 0 Å². The minimum Gasteiger partial charge on any atom is -0.479 e. The van der Waals surface area contributed by atoms with Crippen LogP contribution in [-0.4, -0.2) is 57.8 Å². The van der Waals surface area contributed by atoms with Crippen LogP contribution in [0, 0.1) is 6.92 Å². The molecule has 126 valence electrons. The summed E-state index contributed by atoms with van der Waals surface area (Å²) < 4.78 is 10.4. The maximum atomic E-state index is 13.0. The van der Waals surface area contributed by atoms with E-state index in [1.54, 1.807) is 13.0 Å². The first-order chi connectivity index (χ1) is 11.5. The molecule has 1 aliphatic heterocycles. The van der Waals surface area contributed by atoms with E-state index in [0.29, 0.717) is 34.8 Å². The predicted molar refractivity (Wildman–Crippen MR) is 81.8 cm³/mol. The molecule has 0 unspecified atom stereocenters. The Bertz CT molecular complexity index is 826. The second-order valence-electron chi connectivity index (χ2n) is 6.27. The summed E-state index contributed by atoms with van der Waals surface area (Å²) in [5.41, 5.74) is 2.28. The number of hydrogen-bond acceptors (Lipinski definition) is 6. The number of amides is 1. The smallest absolute Gasteiger partial charge is 0.334 e. The van der Waals surface area contributed by atoms with Gasteiger partial charge < -0.3 is 19.3 Å². The fourth-order valence-electron chi connectivity index (χ4n) is 3.02.